The Morgan fingerprint density at radius 1 is 1.35 bits per heavy atom. The molecule has 136 valence electrons. The van der Waals surface area contributed by atoms with Gasteiger partial charge in [-0.1, -0.05) is 17.7 Å². The van der Waals surface area contributed by atoms with E-state index in [1.54, 1.807) is 36.4 Å². The van der Waals surface area contributed by atoms with Gasteiger partial charge >= 0.3 is 0 Å². The number of ether oxygens (including phenoxy) is 1. The van der Waals surface area contributed by atoms with Crippen LogP contribution in [-0.4, -0.2) is 15.7 Å². The quantitative estimate of drug-likeness (QED) is 0.673. The molecular formula is C19H20ClN3O3. The van der Waals surface area contributed by atoms with Crippen LogP contribution in [0, 0.1) is 0 Å². The van der Waals surface area contributed by atoms with Crippen molar-refractivity contribution in [2.75, 3.05) is 0 Å². The molecule has 0 bridgehead atoms. The summed E-state index contributed by atoms with van der Waals surface area (Å²) >= 11 is 5.92. The van der Waals surface area contributed by atoms with Gasteiger partial charge < -0.3 is 14.5 Å². The molecule has 7 heteroatoms. The number of amides is 1. The maximum absolute atomic E-state index is 12.3. The van der Waals surface area contributed by atoms with E-state index >= 15 is 0 Å². The summed E-state index contributed by atoms with van der Waals surface area (Å²) in [6, 6.07) is 12.1. The summed E-state index contributed by atoms with van der Waals surface area (Å²) in [6.45, 7) is 4.89. The van der Waals surface area contributed by atoms with Gasteiger partial charge in [-0.2, -0.15) is 5.10 Å². The third-order valence-electron chi connectivity index (χ3n) is 3.84. The second kappa shape index (κ2) is 8.10. The molecule has 0 fully saturated rings. The van der Waals surface area contributed by atoms with Gasteiger partial charge in [-0.25, -0.2) is 0 Å². The Labute approximate surface area is 156 Å². The van der Waals surface area contributed by atoms with Gasteiger partial charge in [0.1, 0.15) is 18.1 Å². The van der Waals surface area contributed by atoms with Crippen molar-refractivity contribution >= 4 is 17.5 Å². The number of hydrogen-bond acceptors (Lipinski definition) is 4. The zero-order valence-corrected chi connectivity index (χ0v) is 15.4. The van der Waals surface area contributed by atoms with Crippen molar-refractivity contribution in [3.63, 3.8) is 0 Å². The standard InChI is InChI=1S/C19H20ClN3O3/c1-3-23-10-9-17(22-23)13(2)21-19(24)18-8-7-16(26-18)12-25-15-6-4-5-14(20)11-15/h4-11,13H,3,12H2,1-2H3,(H,21,24). The van der Waals surface area contributed by atoms with Gasteiger partial charge in [-0.3, -0.25) is 9.48 Å². The average Bonchev–Trinajstić information content (AvgIpc) is 3.29. The van der Waals surface area contributed by atoms with Crippen molar-refractivity contribution < 1.29 is 13.9 Å². The minimum absolute atomic E-state index is 0.212. The number of aromatic nitrogens is 2. The molecule has 0 radical (unpaired) electrons. The Kier molecular flexibility index (Phi) is 5.63. The first kappa shape index (κ1) is 18.1. The van der Waals surface area contributed by atoms with Gasteiger partial charge in [0.2, 0.25) is 0 Å². The molecule has 1 atom stereocenters. The lowest BCUT2D eigenvalue weighted by molar-refractivity contribution is 0.0907. The van der Waals surface area contributed by atoms with Gasteiger partial charge in [-0.15, -0.1) is 0 Å². The van der Waals surface area contributed by atoms with Gasteiger partial charge in [0, 0.05) is 17.8 Å². The van der Waals surface area contributed by atoms with Crippen molar-refractivity contribution in [3.05, 3.63) is 70.9 Å². The molecule has 26 heavy (non-hydrogen) atoms. The number of halogens is 1. The SMILES string of the molecule is CCn1ccc(C(C)NC(=O)c2ccc(COc3cccc(Cl)c3)o2)n1. The number of nitrogens with zero attached hydrogens (tertiary/aromatic N) is 2. The molecule has 1 N–H and O–H groups in total. The largest absolute Gasteiger partial charge is 0.486 e. The maximum atomic E-state index is 12.3. The maximum Gasteiger partial charge on any atom is 0.287 e. The van der Waals surface area contributed by atoms with Crippen molar-refractivity contribution in [1.29, 1.82) is 0 Å². The van der Waals surface area contributed by atoms with E-state index in [0.29, 0.717) is 16.5 Å². The van der Waals surface area contributed by atoms with E-state index < -0.39 is 0 Å². The molecule has 0 spiro atoms. The second-order valence-corrected chi connectivity index (χ2v) is 6.24. The molecule has 1 unspecified atom stereocenters. The smallest absolute Gasteiger partial charge is 0.287 e. The summed E-state index contributed by atoms with van der Waals surface area (Å²) < 4.78 is 13.0. The van der Waals surface area contributed by atoms with Crippen molar-refractivity contribution in [2.24, 2.45) is 0 Å². The first-order chi connectivity index (χ1) is 12.5. The summed E-state index contributed by atoms with van der Waals surface area (Å²) in [4.78, 5) is 12.3. The lowest BCUT2D eigenvalue weighted by atomic mass is 10.2. The van der Waals surface area contributed by atoms with Crippen LogP contribution in [0.15, 0.2) is 53.1 Å². The number of nitrogens with one attached hydrogen (secondary N) is 1. The van der Waals surface area contributed by atoms with Crippen LogP contribution in [0.4, 0.5) is 0 Å². The van der Waals surface area contributed by atoms with E-state index in [9.17, 15) is 4.79 Å². The van der Waals surface area contributed by atoms with Crippen LogP contribution in [0.3, 0.4) is 0 Å². The molecule has 0 aliphatic heterocycles. The summed E-state index contributed by atoms with van der Waals surface area (Å²) in [5.74, 6) is 1.13. The number of carbonyl (C=O) groups excluding carboxylic acids is 1. The van der Waals surface area contributed by atoms with E-state index in [-0.39, 0.29) is 24.3 Å². The van der Waals surface area contributed by atoms with Crippen LogP contribution in [0.5, 0.6) is 5.75 Å². The fourth-order valence-corrected chi connectivity index (χ4v) is 2.60. The molecule has 0 saturated carbocycles. The van der Waals surface area contributed by atoms with Gasteiger partial charge in [-0.05, 0) is 50.2 Å². The summed E-state index contributed by atoms with van der Waals surface area (Å²) in [6.07, 6.45) is 1.89. The number of carbonyl (C=O) groups is 1. The van der Waals surface area contributed by atoms with Gasteiger partial charge in [0.15, 0.2) is 5.76 Å². The average molecular weight is 374 g/mol. The monoisotopic (exact) mass is 373 g/mol. The number of aryl methyl sites for hydroxylation is 1. The number of benzene rings is 1. The van der Waals surface area contributed by atoms with Gasteiger partial charge in [0.05, 0.1) is 11.7 Å². The normalized spacial score (nSPS) is 12.0. The Morgan fingerprint density at radius 3 is 2.92 bits per heavy atom. The van der Waals surface area contributed by atoms with Crippen molar-refractivity contribution in [2.45, 2.75) is 33.0 Å². The van der Waals surface area contributed by atoms with Crippen LogP contribution in [0.2, 0.25) is 5.02 Å². The predicted molar refractivity (Wildman–Crippen MR) is 98.3 cm³/mol. The molecule has 1 aromatic carbocycles. The molecule has 3 rings (SSSR count). The Hall–Kier alpha value is -2.73. The highest BCUT2D eigenvalue weighted by molar-refractivity contribution is 6.30. The highest BCUT2D eigenvalue weighted by atomic mass is 35.5. The molecular weight excluding hydrogens is 354 g/mol. The fourth-order valence-electron chi connectivity index (χ4n) is 2.41. The fraction of sp³-hybridized carbons (Fsp3) is 0.263. The number of furan rings is 1. The highest BCUT2D eigenvalue weighted by Crippen LogP contribution is 2.19. The molecule has 6 nitrogen and oxygen atoms in total. The Morgan fingerprint density at radius 2 is 2.19 bits per heavy atom. The van der Waals surface area contributed by atoms with Crippen LogP contribution in [0.25, 0.3) is 0 Å². The zero-order chi connectivity index (χ0) is 18.5. The Balaban J connectivity index is 1.57. The Bertz CT molecular complexity index is 888. The number of hydrogen-bond donors (Lipinski definition) is 1. The van der Waals surface area contributed by atoms with Crippen molar-refractivity contribution in [3.8, 4) is 5.75 Å². The molecule has 2 aromatic heterocycles. The summed E-state index contributed by atoms with van der Waals surface area (Å²) in [5, 5.41) is 7.87. The second-order valence-electron chi connectivity index (χ2n) is 5.80. The van der Waals surface area contributed by atoms with Crippen LogP contribution in [-0.2, 0) is 13.2 Å². The highest BCUT2D eigenvalue weighted by Gasteiger charge is 2.16. The van der Waals surface area contributed by atoms with Crippen LogP contribution in [0.1, 0.15) is 41.9 Å². The summed E-state index contributed by atoms with van der Waals surface area (Å²) in [7, 11) is 0. The predicted octanol–water partition coefficient (Wildman–Crippen LogP) is 4.22. The van der Waals surface area contributed by atoms with E-state index in [2.05, 4.69) is 10.4 Å². The lowest BCUT2D eigenvalue weighted by Crippen LogP contribution is -2.26. The van der Waals surface area contributed by atoms with E-state index in [0.717, 1.165) is 12.2 Å². The summed E-state index contributed by atoms with van der Waals surface area (Å²) in [5.41, 5.74) is 0.802. The van der Waals surface area contributed by atoms with E-state index in [1.807, 2.05) is 30.8 Å². The third kappa shape index (κ3) is 4.46. The zero-order valence-electron chi connectivity index (χ0n) is 14.6. The third-order valence-corrected chi connectivity index (χ3v) is 4.07. The molecule has 2 heterocycles. The molecule has 0 saturated heterocycles. The van der Waals surface area contributed by atoms with Crippen LogP contribution >= 0.6 is 11.6 Å². The number of rotatable bonds is 7. The lowest BCUT2D eigenvalue weighted by Gasteiger charge is -2.10. The van der Waals surface area contributed by atoms with Crippen molar-refractivity contribution in [1.82, 2.24) is 15.1 Å². The van der Waals surface area contributed by atoms with Crippen LogP contribution < -0.4 is 10.1 Å². The first-order valence-corrected chi connectivity index (χ1v) is 8.74. The molecule has 1 amide bonds. The van der Waals surface area contributed by atoms with Gasteiger partial charge in [0.25, 0.3) is 5.91 Å². The minimum atomic E-state index is -0.294. The molecule has 3 aromatic rings. The topological polar surface area (TPSA) is 69.3 Å². The minimum Gasteiger partial charge on any atom is -0.486 e. The van der Waals surface area contributed by atoms with E-state index in [4.69, 9.17) is 20.8 Å². The molecule has 0 aliphatic carbocycles. The van der Waals surface area contributed by atoms with E-state index in [1.165, 1.54) is 0 Å². The first-order valence-electron chi connectivity index (χ1n) is 8.36. The molecule has 0 aliphatic rings.